The van der Waals surface area contributed by atoms with E-state index in [1.54, 1.807) is 0 Å². The summed E-state index contributed by atoms with van der Waals surface area (Å²) in [6.07, 6.45) is 9.19. The maximum atomic E-state index is 4.35. The Morgan fingerprint density at radius 2 is 2.00 bits per heavy atom. The summed E-state index contributed by atoms with van der Waals surface area (Å²) in [7, 11) is 0. The maximum Gasteiger partial charge on any atom is 0.109 e. The van der Waals surface area contributed by atoms with Crippen molar-refractivity contribution in [3.05, 3.63) is 18.2 Å². The summed E-state index contributed by atoms with van der Waals surface area (Å²) in [5.41, 5.74) is 0. The van der Waals surface area contributed by atoms with Crippen LogP contribution in [0.25, 0.3) is 0 Å². The van der Waals surface area contributed by atoms with E-state index < -0.39 is 0 Å². The quantitative estimate of drug-likeness (QED) is 0.765. The van der Waals surface area contributed by atoms with E-state index in [2.05, 4.69) is 23.8 Å². The molecule has 2 heteroatoms. The first-order valence-electron chi connectivity index (χ1n) is 5.76. The van der Waals surface area contributed by atoms with Gasteiger partial charge in [-0.15, -0.1) is 0 Å². The molecule has 0 saturated heterocycles. The largest absolute Gasteiger partial charge is 0.348 e. The molecule has 0 aromatic carbocycles. The van der Waals surface area contributed by atoms with Crippen molar-refractivity contribution in [1.82, 2.24) is 9.97 Å². The van der Waals surface area contributed by atoms with E-state index in [-0.39, 0.29) is 0 Å². The molecule has 1 aromatic heterocycles. The molecule has 0 radical (unpaired) electrons. The minimum atomic E-state index is 0.694. The predicted octanol–water partition coefficient (Wildman–Crippen LogP) is 3.34. The fraction of sp³-hybridized carbons (Fsp3) is 0.750. The Bertz CT molecular complexity index is 256. The van der Waals surface area contributed by atoms with E-state index in [1.807, 2.05) is 12.4 Å². The van der Waals surface area contributed by atoms with Crippen LogP contribution in [0.4, 0.5) is 0 Å². The summed E-state index contributed by atoms with van der Waals surface area (Å²) in [5.74, 6) is 3.70. The smallest absolute Gasteiger partial charge is 0.109 e. The Kier molecular flexibility index (Phi) is 2.90. The molecule has 0 unspecified atom stereocenters. The van der Waals surface area contributed by atoms with Gasteiger partial charge in [-0.3, -0.25) is 0 Å². The molecule has 0 bridgehead atoms. The zero-order valence-corrected chi connectivity index (χ0v) is 9.16. The third-order valence-electron chi connectivity index (χ3n) is 3.62. The maximum absolute atomic E-state index is 4.35. The average molecular weight is 192 g/mol. The van der Waals surface area contributed by atoms with Crippen molar-refractivity contribution in [2.45, 2.75) is 45.4 Å². The lowest BCUT2D eigenvalue weighted by atomic mass is 9.77. The van der Waals surface area contributed by atoms with E-state index in [9.17, 15) is 0 Å². The average Bonchev–Trinajstić information content (AvgIpc) is 2.71. The van der Waals surface area contributed by atoms with Crippen molar-refractivity contribution in [1.29, 1.82) is 0 Å². The lowest BCUT2D eigenvalue weighted by molar-refractivity contribution is 0.255. The van der Waals surface area contributed by atoms with Crippen molar-refractivity contribution in [2.75, 3.05) is 0 Å². The van der Waals surface area contributed by atoms with Crippen LogP contribution >= 0.6 is 0 Å². The van der Waals surface area contributed by atoms with Crippen LogP contribution in [0.3, 0.4) is 0 Å². The number of nitrogens with one attached hydrogen (secondary N) is 1. The Hall–Kier alpha value is -0.790. The normalized spacial score (nSPS) is 28.2. The fourth-order valence-electron chi connectivity index (χ4n) is 2.56. The fourth-order valence-corrected chi connectivity index (χ4v) is 2.56. The topological polar surface area (TPSA) is 28.7 Å². The van der Waals surface area contributed by atoms with Gasteiger partial charge in [0.25, 0.3) is 0 Å². The molecular formula is C12H20N2. The SMILES string of the molecule is CC(C)C1CCC(c2ncc[nH]2)CC1. The summed E-state index contributed by atoms with van der Waals surface area (Å²) in [5, 5.41) is 0. The van der Waals surface area contributed by atoms with Gasteiger partial charge in [0.05, 0.1) is 0 Å². The van der Waals surface area contributed by atoms with E-state index >= 15 is 0 Å². The molecule has 0 amide bonds. The van der Waals surface area contributed by atoms with Crippen molar-refractivity contribution in [3.63, 3.8) is 0 Å². The summed E-state index contributed by atoms with van der Waals surface area (Å²) in [4.78, 5) is 7.59. The lowest BCUT2D eigenvalue weighted by Crippen LogP contribution is -2.18. The standard InChI is InChI=1S/C12H20N2/c1-9(2)10-3-5-11(6-4-10)12-13-7-8-14-12/h7-11H,3-6H2,1-2H3,(H,13,14). The molecule has 2 rings (SSSR count). The van der Waals surface area contributed by atoms with Gasteiger partial charge in [0.2, 0.25) is 0 Å². The van der Waals surface area contributed by atoms with Crippen LogP contribution in [-0.2, 0) is 0 Å². The van der Waals surface area contributed by atoms with Gasteiger partial charge >= 0.3 is 0 Å². The molecule has 2 nitrogen and oxygen atoms in total. The first kappa shape index (κ1) is 9.75. The van der Waals surface area contributed by atoms with Crippen LogP contribution in [0.5, 0.6) is 0 Å². The van der Waals surface area contributed by atoms with E-state index in [4.69, 9.17) is 0 Å². The van der Waals surface area contributed by atoms with Gasteiger partial charge in [0.1, 0.15) is 5.82 Å². The number of H-pyrrole nitrogens is 1. The van der Waals surface area contributed by atoms with Gasteiger partial charge in [0.15, 0.2) is 0 Å². The molecule has 0 spiro atoms. The van der Waals surface area contributed by atoms with Gasteiger partial charge in [0, 0.05) is 18.3 Å². The third-order valence-corrected chi connectivity index (χ3v) is 3.62. The molecule has 1 N–H and O–H groups in total. The van der Waals surface area contributed by atoms with E-state index in [1.165, 1.54) is 31.5 Å². The van der Waals surface area contributed by atoms with Crippen molar-refractivity contribution in [2.24, 2.45) is 11.8 Å². The third kappa shape index (κ3) is 1.99. The molecular weight excluding hydrogens is 172 g/mol. The number of rotatable bonds is 2. The highest BCUT2D eigenvalue weighted by Gasteiger charge is 2.25. The number of aromatic nitrogens is 2. The van der Waals surface area contributed by atoms with Crippen molar-refractivity contribution >= 4 is 0 Å². The van der Waals surface area contributed by atoms with Gasteiger partial charge in [-0.2, -0.15) is 0 Å². The second kappa shape index (κ2) is 4.16. The molecule has 1 aromatic rings. The molecule has 78 valence electrons. The molecule has 1 aliphatic rings. The van der Waals surface area contributed by atoms with Crippen LogP contribution in [0.15, 0.2) is 12.4 Å². The Labute approximate surface area is 86.1 Å². The highest BCUT2D eigenvalue weighted by atomic mass is 14.9. The number of hydrogen-bond donors (Lipinski definition) is 1. The molecule has 0 atom stereocenters. The molecule has 1 fully saturated rings. The molecule has 1 saturated carbocycles. The number of hydrogen-bond acceptors (Lipinski definition) is 1. The summed E-state index contributed by atoms with van der Waals surface area (Å²) in [6, 6.07) is 0. The van der Waals surface area contributed by atoms with Crippen LogP contribution in [0, 0.1) is 11.8 Å². The van der Waals surface area contributed by atoms with Gasteiger partial charge in [-0.25, -0.2) is 4.98 Å². The second-order valence-corrected chi connectivity index (χ2v) is 4.83. The zero-order chi connectivity index (χ0) is 9.97. The number of aromatic amines is 1. The summed E-state index contributed by atoms with van der Waals surface area (Å²) < 4.78 is 0. The van der Waals surface area contributed by atoms with Gasteiger partial charge in [-0.1, -0.05) is 13.8 Å². The van der Waals surface area contributed by atoms with Crippen LogP contribution in [0.2, 0.25) is 0 Å². The predicted molar refractivity (Wildman–Crippen MR) is 58.1 cm³/mol. The van der Waals surface area contributed by atoms with Crippen LogP contribution < -0.4 is 0 Å². The highest BCUT2D eigenvalue weighted by Crippen LogP contribution is 2.37. The molecule has 1 heterocycles. The van der Waals surface area contributed by atoms with Gasteiger partial charge < -0.3 is 4.98 Å². The lowest BCUT2D eigenvalue weighted by Gasteiger charge is -2.29. The molecule has 0 aliphatic heterocycles. The highest BCUT2D eigenvalue weighted by molar-refractivity contribution is 4.98. The van der Waals surface area contributed by atoms with Crippen molar-refractivity contribution in [3.8, 4) is 0 Å². The minimum absolute atomic E-state index is 0.694. The zero-order valence-electron chi connectivity index (χ0n) is 9.16. The Morgan fingerprint density at radius 3 is 2.50 bits per heavy atom. The molecule has 14 heavy (non-hydrogen) atoms. The number of imidazole rings is 1. The first-order valence-corrected chi connectivity index (χ1v) is 5.76. The van der Waals surface area contributed by atoms with Crippen LogP contribution in [-0.4, -0.2) is 9.97 Å². The van der Waals surface area contributed by atoms with E-state index in [0.29, 0.717) is 5.92 Å². The van der Waals surface area contributed by atoms with E-state index in [0.717, 1.165) is 11.8 Å². The van der Waals surface area contributed by atoms with Crippen LogP contribution in [0.1, 0.15) is 51.3 Å². The Balaban J connectivity index is 1.90. The monoisotopic (exact) mass is 192 g/mol. The van der Waals surface area contributed by atoms with Gasteiger partial charge in [-0.05, 0) is 37.5 Å². The number of nitrogens with zero attached hydrogens (tertiary/aromatic N) is 1. The first-order chi connectivity index (χ1) is 6.77. The second-order valence-electron chi connectivity index (χ2n) is 4.83. The summed E-state index contributed by atoms with van der Waals surface area (Å²) in [6.45, 7) is 4.69. The summed E-state index contributed by atoms with van der Waals surface area (Å²) >= 11 is 0. The van der Waals surface area contributed by atoms with Crippen molar-refractivity contribution < 1.29 is 0 Å². The molecule has 1 aliphatic carbocycles. The Morgan fingerprint density at radius 1 is 1.29 bits per heavy atom. The minimum Gasteiger partial charge on any atom is -0.348 e.